The maximum atomic E-state index is 13.5. The molecule has 0 fully saturated rings. The van der Waals surface area contributed by atoms with Crippen LogP contribution in [-0.2, 0) is 6.42 Å². The van der Waals surface area contributed by atoms with Crippen molar-refractivity contribution in [2.24, 2.45) is 0 Å². The van der Waals surface area contributed by atoms with Crippen molar-refractivity contribution in [3.63, 3.8) is 0 Å². The van der Waals surface area contributed by atoms with Gasteiger partial charge in [-0.25, -0.2) is 0 Å². The lowest BCUT2D eigenvalue weighted by atomic mass is 9.92. The molecule has 138 valence electrons. The Balaban J connectivity index is 3.16. The fourth-order valence-electron chi connectivity index (χ4n) is 2.07. The van der Waals surface area contributed by atoms with Crippen LogP contribution >= 0.6 is 0 Å². The maximum absolute atomic E-state index is 13.5. The zero-order valence-electron chi connectivity index (χ0n) is 12.1. The van der Waals surface area contributed by atoms with E-state index in [1.807, 2.05) is 0 Å². The second kappa shape index (κ2) is 6.45. The van der Waals surface area contributed by atoms with Crippen LogP contribution in [0.3, 0.4) is 0 Å². The minimum absolute atomic E-state index is 0.202. The molecule has 0 amide bonds. The first-order valence-electron chi connectivity index (χ1n) is 6.65. The lowest BCUT2D eigenvalue weighted by molar-refractivity contribution is -0.398. The van der Waals surface area contributed by atoms with Crippen LogP contribution in [0.1, 0.15) is 30.6 Å². The van der Waals surface area contributed by atoms with Gasteiger partial charge in [0.2, 0.25) is 0 Å². The third kappa shape index (κ3) is 3.47. The van der Waals surface area contributed by atoms with E-state index in [2.05, 4.69) is 0 Å². The van der Waals surface area contributed by atoms with Crippen molar-refractivity contribution in [3.8, 4) is 0 Å². The standard InChI is InChI=1S/C14H13F9O/c1-2-8-5-3-4-6-9(8)10(24)7-11(15,16)12(17,18)13(19,20)14(21,22)23/h3-6,10,24H,2,7H2,1H3. The molecule has 0 heterocycles. The quantitative estimate of drug-likeness (QED) is 0.690. The van der Waals surface area contributed by atoms with Crippen molar-refractivity contribution in [2.45, 2.75) is 49.8 Å². The van der Waals surface area contributed by atoms with Crippen LogP contribution in [0.4, 0.5) is 39.5 Å². The van der Waals surface area contributed by atoms with Crippen LogP contribution in [0.15, 0.2) is 24.3 Å². The normalized spacial score (nSPS) is 15.5. The summed E-state index contributed by atoms with van der Waals surface area (Å²) in [5.41, 5.74) is 0.0255. The number of aliphatic hydroxyl groups is 1. The molecule has 10 heteroatoms. The highest BCUT2D eigenvalue weighted by Crippen LogP contribution is 2.55. The van der Waals surface area contributed by atoms with E-state index in [-0.39, 0.29) is 17.5 Å². The Labute approximate surface area is 131 Å². The van der Waals surface area contributed by atoms with Crippen molar-refractivity contribution in [3.05, 3.63) is 35.4 Å². The SMILES string of the molecule is CCc1ccccc1C(O)CC(F)(F)C(F)(F)C(F)(F)C(F)(F)F. The highest BCUT2D eigenvalue weighted by Gasteiger charge is 2.81. The Hall–Kier alpha value is -1.45. The molecule has 0 aromatic heterocycles. The summed E-state index contributed by atoms with van der Waals surface area (Å²) in [4.78, 5) is 0. The predicted molar refractivity (Wildman–Crippen MR) is 66.3 cm³/mol. The summed E-state index contributed by atoms with van der Waals surface area (Å²) in [6.07, 6.45) is -11.3. The molecule has 0 bridgehead atoms. The van der Waals surface area contributed by atoms with E-state index in [1.54, 1.807) is 6.92 Å². The second-order valence-corrected chi connectivity index (χ2v) is 5.12. The van der Waals surface area contributed by atoms with E-state index >= 15 is 0 Å². The minimum Gasteiger partial charge on any atom is -0.388 e. The number of alkyl halides is 9. The van der Waals surface area contributed by atoms with E-state index in [0.717, 1.165) is 6.07 Å². The third-order valence-electron chi connectivity index (χ3n) is 3.45. The molecule has 1 rings (SSSR count). The smallest absolute Gasteiger partial charge is 0.388 e. The number of benzene rings is 1. The van der Waals surface area contributed by atoms with E-state index in [0.29, 0.717) is 0 Å². The second-order valence-electron chi connectivity index (χ2n) is 5.12. The number of halogens is 9. The van der Waals surface area contributed by atoms with Crippen molar-refractivity contribution < 1.29 is 44.6 Å². The van der Waals surface area contributed by atoms with E-state index in [4.69, 9.17) is 0 Å². The molecule has 0 aliphatic heterocycles. The van der Waals surface area contributed by atoms with Crippen LogP contribution in [0.2, 0.25) is 0 Å². The summed E-state index contributed by atoms with van der Waals surface area (Å²) in [7, 11) is 0. The van der Waals surface area contributed by atoms with Crippen molar-refractivity contribution in [2.75, 3.05) is 0 Å². The molecule has 24 heavy (non-hydrogen) atoms. The Bertz CT molecular complexity index is 566. The predicted octanol–water partition coefficient (Wildman–Crippen LogP) is 5.14. The average Bonchev–Trinajstić information content (AvgIpc) is 2.45. The molecule has 1 aromatic rings. The molecular weight excluding hydrogens is 355 g/mol. The third-order valence-corrected chi connectivity index (χ3v) is 3.45. The Kier molecular flexibility index (Phi) is 5.54. The van der Waals surface area contributed by atoms with Gasteiger partial charge in [-0.3, -0.25) is 0 Å². The minimum atomic E-state index is -6.95. The average molecular weight is 368 g/mol. The molecule has 0 saturated carbocycles. The van der Waals surface area contributed by atoms with Crippen LogP contribution < -0.4 is 0 Å². The number of hydrogen-bond acceptors (Lipinski definition) is 1. The van der Waals surface area contributed by atoms with E-state index in [1.165, 1.54) is 18.2 Å². The maximum Gasteiger partial charge on any atom is 0.460 e. The topological polar surface area (TPSA) is 20.2 Å². The van der Waals surface area contributed by atoms with Crippen LogP contribution in [0.5, 0.6) is 0 Å². The summed E-state index contributed by atoms with van der Waals surface area (Å²) in [5, 5.41) is 9.66. The Morgan fingerprint density at radius 1 is 0.875 bits per heavy atom. The fraction of sp³-hybridized carbons (Fsp3) is 0.571. The first-order chi connectivity index (χ1) is 10.7. The van der Waals surface area contributed by atoms with Crippen LogP contribution in [-0.4, -0.2) is 29.1 Å². The number of aryl methyl sites for hydroxylation is 1. The van der Waals surface area contributed by atoms with Gasteiger partial charge in [0.15, 0.2) is 0 Å². The molecule has 0 aliphatic carbocycles. The molecule has 0 aliphatic rings. The zero-order valence-corrected chi connectivity index (χ0v) is 12.1. The molecule has 1 aromatic carbocycles. The molecule has 1 nitrogen and oxygen atoms in total. The fourth-order valence-corrected chi connectivity index (χ4v) is 2.07. The Morgan fingerprint density at radius 2 is 1.38 bits per heavy atom. The summed E-state index contributed by atoms with van der Waals surface area (Å²) >= 11 is 0. The summed E-state index contributed by atoms with van der Waals surface area (Å²) in [6.45, 7) is 1.55. The molecule has 1 unspecified atom stereocenters. The van der Waals surface area contributed by atoms with Crippen molar-refractivity contribution >= 4 is 0 Å². The summed E-state index contributed by atoms with van der Waals surface area (Å²) in [6, 6.07) is 5.21. The van der Waals surface area contributed by atoms with E-state index in [9.17, 15) is 44.6 Å². The zero-order chi connectivity index (χ0) is 19.0. The van der Waals surface area contributed by atoms with Gasteiger partial charge in [0.1, 0.15) is 0 Å². The number of hydrogen-bond donors (Lipinski definition) is 1. The molecule has 1 N–H and O–H groups in total. The first-order valence-corrected chi connectivity index (χ1v) is 6.65. The van der Waals surface area contributed by atoms with Gasteiger partial charge >= 0.3 is 23.9 Å². The largest absolute Gasteiger partial charge is 0.460 e. The van der Waals surface area contributed by atoms with Crippen LogP contribution in [0.25, 0.3) is 0 Å². The summed E-state index contributed by atoms with van der Waals surface area (Å²) < 4.78 is 115. The monoisotopic (exact) mass is 368 g/mol. The molecular formula is C14H13F9O. The van der Waals surface area contributed by atoms with Crippen LogP contribution in [0, 0.1) is 0 Å². The van der Waals surface area contributed by atoms with Gasteiger partial charge in [0, 0.05) is 6.42 Å². The van der Waals surface area contributed by atoms with Gasteiger partial charge in [-0.05, 0) is 17.5 Å². The molecule has 0 saturated heterocycles. The van der Waals surface area contributed by atoms with Gasteiger partial charge in [0.05, 0.1) is 6.10 Å². The highest BCUT2D eigenvalue weighted by molar-refractivity contribution is 5.29. The van der Waals surface area contributed by atoms with Crippen molar-refractivity contribution in [1.82, 2.24) is 0 Å². The van der Waals surface area contributed by atoms with Gasteiger partial charge in [-0.1, -0.05) is 31.2 Å². The van der Waals surface area contributed by atoms with Gasteiger partial charge in [0.25, 0.3) is 0 Å². The first kappa shape index (κ1) is 20.6. The summed E-state index contributed by atoms with van der Waals surface area (Å²) in [5.74, 6) is -19.5. The number of rotatable bonds is 6. The number of aliphatic hydroxyl groups excluding tert-OH is 1. The molecule has 0 radical (unpaired) electrons. The molecule has 1 atom stereocenters. The van der Waals surface area contributed by atoms with Gasteiger partial charge < -0.3 is 5.11 Å². The van der Waals surface area contributed by atoms with E-state index < -0.39 is 36.5 Å². The molecule has 0 spiro atoms. The van der Waals surface area contributed by atoms with Gasteiger partial charge in [-0.2, -0.15) is 39.5 Å². The Morgan fingerprint density at radius 3 is 1.83 bits per heavy atom. The van der Waals surface area contributed by atoms with Gasteiger partial charge in [-0.15, -0.1) is 0 Å². The van der Waals surface area contributed by atoms with Crippen molar-refractivity contribution in [1.29, 1.82) is 0 Å². The highest BCUT2D eigenvalue weighted by atomic mass is 19.4. The lowest BCUT2D eigenvalue weighted by Crippen LogP contribution is -2.61. The lowest BCUT2D eigenvalue weighted by Gasteiger charge is -2.34.